The van der Waals surface area contributed by atoms with Crippen molar-refractivity contribution in [2.75, 3.05) is 13.2 Å². The molecule has 0 amide bonds. The summed E-state index contributed by atoms with van der Waals surface area (Å²) in [6.07, 6.45) is 0. The number of carbonyl (C=O) groups is 1. The minimum atomic E-state index is -1.37. The summed E-state index contributed by atoms with van der Waals surface area (Å²) in [5, 5.41) is 17.6. The first-order valence-electron chi connectivity index (χ1n) is 4.81. The van der Waals surface area contributed by atoms with E-state index in [-0.39, 0.29) is 24.9 Å². The van der Waals surface area contributed by atoms with Crippen molar-refractivity contribution in [3.63, 3.8) is 0 Å². The SMILES string of the molecule is CC(CO)COc1cccc(F)c1C(=O)O. The summed E-state index contributed by atoms with van der Waals surface area (Å²) >= 11 is 0. The van der Waals surface area contributed by atoms with Crippen LogP contribution in [0.25, 0.3) is 0 Å². The molecule has 2 N–H and O–H groups in total. The number of benzene rings is 1. The highest BCUT2D eigenvalue weighted by atomic mass is 19.1. The second kappa shape index (κ2) is 5.46. The molecule has 1 unspecified atom stereocenters. The van der Waals surface area contributed by atoms with Gasteiger partial charge >= 0.3 is 5.97 Å². The van der Waals surface area contributed by atoms with E-state index in [1.54, 1.807) is 6.92 Å². The van der Waals surface area contributed by atoms with E-state index >= 15 is 0 Å². The van der Waals surface area contributed by atoms with Crippen molar-refractivity contribution in [1.82, 2.24) is 0 Å². The number of aliphatic hydroxyl groups excluding tert-OH is 1. The first-order valence-corrected chi connectivity index (χ1v) is 4.81. The maximum Gasteiger partial charge on any atom is 0.342 e. The molecule has 5 heteroatoms. The number of carboxylic acid groups (broad SMARTS) is 1. The lowest BCUT2D eigenvalue weighted by molar-refractivity contribution is 0.0685. The Labute approximate surface area is 92.3 Å². The predicted octanol–water partition coefficient (Wildman–Crippen LogP) is 1.53. The first-order chi connectivity index (χ1) is 7.56. The Morgan fingerprint density at radius 1 is 1.56 bits per heavy atom. The predicted molar refractivity (Wildman–Crippen MR) is 55.1 cm³/mol. The molecule has 0 heterocycles. The molecule has 1 rings (SSSR count). The summed E-state index contributed by atoms with van der Waals surface area (Å²) in [6, 6.07) is 3.82. The quantitative estimate of drug-likeness (QED) is 0.802. The van der Waals surface area contributed by atoms with Crippen LogP contribution >= 0.6 is 0 Å². The molecular weight excluding hydrogens is 215 g/mol. The van der Waals surface area contributed by atoms with Crippen molar-refractivity contribution < 1.29 is 24.1 Å². The third-order valence-electron chi connectivity index (χ3n) is 2.02. The summed E-state index contributed by atoms with van der Waals surface area (Å²) < 4.78 is 18.3. The molecule has 0 radical (unpaired) electrons. The molecule has 88 valence electrons. The summed E-state index contributed by atoms with van der Waals surface area (Å²) in [7, 11) is 0. The van der Waals surface area contributed by atoms with Gasteiger partial charge in [-0.15, -0.1) is 0 Å². The van der Waals surface area contributed by atoms with Crippen LogP contribution in [0.15, 0.2) is 18.2 Å². The number of aromatic carboxylic acids is 1. The molecule has 0 saturated heterocycles. The maximum absolute atomic E-state index is 13.2. The van der Waals surface area contributed by atoms with Gasteiger partial charge in [-0.2, -0.15) is 0 Å². The molecule has 0 fully saturated rings. The molecule has 0 aliphatic carbocycles. The van der Waals surface area contributed by atoms with Crippen molar-refractivity contribution in [1.29, 1.82) is 0 Å². The number of halogens is 1. The van der Waals surface area contributed by atoms with E-state index in [0.29, 0.717) is 0 Å². The van der Waals surface area contributed by atoms with Crippen LogP contribution in [0.5, 0.6) is 5.75 Å². The monoisotopic (exact) mass is 228 g/mol. The van der Waals surface area contributed by atoms with Gasteiger partial charge in [0, 0.05) is 12.5 Å². The topological polar surface area (TPSA) is 66.8 Å². The average Bonchev–Trinajstić information content (AvgIpc) is 2.25. The minimum Gasteiger partial charge on any atom is -0.492 e. The second-order valence-corrected chi connectivity index (χ2v) is 3.52. The van der Waals surface area contributed by atoms with Crippen LogP contribution in [-0.2, 0) is 0 Å². The highest BCUT2D eigenvalue weighted by Crippen LogP contribution is 2.21. The van der Waals surface area contributed by atoms with E-state index < -0.39 is 17.3 Å². The largest absolute Gasteiger partial charge is 0.492 e. The van der Waals surface area contributed by atoms with Crippen LogP contribution < -0.4 is 4.74 Å². The van der Waals surface area contributed by atoms with Gasteiger partial charge in [-0.1, -0.05) is 13.0 Å². The molecule has 1 atom stereocenters. The maximum atomic E-state index is 13.2. The number of hydrogen-bond donors (Lipinski definition) is 2. The van der Waals surface area contributed by atoms with E-state index in [9.17, 15) is 9.18 Å². The molecule has 1 aromatic rings. The standard InChI is InChI=1S/C11H13FO4/c1-7(5-13)6-16-9-4-2-3-8(12)10(9)11(14)15/h2-4,7,13H,5-6H2,1H3,(H,14,15). The van der Waals surface area contributed by atoms with Crippen LogP contribution in [0.4, 0.5) is 4.39 Å². The second-order valence-electron chi connectivity index (χ2n) is 3.52. The lowest BCUT2D eigenvalue weighted by Crippen LogP contribution is -2.14. The molecule has 1 aromatic carbocycles. The van der Waals surface area contributed by atoms with Crippen LogP contribution in [0.1, 0.15) is 17.3 Å². The van der Waals surface area contributed by atoms with E-state index in [2.05, 4.69) is 0 Å². The molecule has 0 aromatic heterocycles. The highest BCUT2D eigenvalue weighted by Gasteiger charge is 2.17. The Bertz CT molecular complexity index is 378. The lowest BCUT2D eigenvalue weighted by Gasteiger charge is -2.12. The fraction of sp³-hybridized carbons (Fsp3) is 0.364. The Morgan fingerprint density at radius 3 is 2.81 bits per heavy atom. The first kappa shape index (κ1) is 12.4. The summed E-state index contributed by atoms with van der Waals surface area (Å²) in [5.41, 5.74) is -0.479. The lowest BCUT2D eigenvalue weighted by atomic mass is 10.2. The Hall–Kier alpha value is -1.62. The summed E-state index contributed by atoms with van der Waals surface area (Å²) in [4.78, 5) is 10.8. The zero-order chi connectivity index (χ0) is 12.1. The van der Waals surface area contributed by atoms with Crippen molar-refractivity contribution in [3.05, 3.63) is 29.6 Å². The van der Waals surface area contributed by atoms with Gasteiger partial charge in [0.15, 0.2) is 0 Å². The molecule has 16 heavy (non-hydrogen) atoms. The molecule has 0 bridgehead atoms. The van der Waals surface area contributed by atoms with Gasteiger partial charge in [0.05, 0.1) is 6.61 Å². The van der Waals surface area contributed by atoms with E-state index in [0.717, 1.165) is 6.07 Å². The van der Waals surface area contributed by atoms with Gasteiger partial charge < -0.3 is 14.9 Å². The van der Waals surface area contributed by atoms with Crippen molar-refractivity contribution in [3.8, 4) is 5.75 Å². The molecule has 4 nitrogen and oxygen atoms in total. The number of ether oxygens (including phenoxy) is 1. The van der Waals surface area contributed by atoms with Crippen LogP contribution in [0.3, 0.4) is 0 Å². The molecule has 0 aliphatic rings. The Balaban J connectivity index is 2.87. The fourth-order valence-electron chi connectivity index (χ4n) is 1.12. The smallest absolute Gasteiger partial charge is 0.342 e. The van der Waals surface area contributed by atoms with Gasteiger partial charge in [-0.3, -0.25) is 0 Å². The van der Waals surface area contributed by atoms with Crippen molar-refractivity contribution in [2.45, 2.75) is 6.92 Å². The minimum absolute atomic E-state index is 0.0206. The van der Waals surface area contributed by atoms with Gasteiger partial charge in [0.2, 0.25) is 0 Å². The fourth-order valence-corrected chi connectivity index (χ4v) is 1.12. The van der Waals surface area contributed by atoms with Crippen LogP contribution in [-0.4, -0.2) is 29.4 Å². The normalized spacial score (nSPS) is 12.2. The Morgan fingerprint density at radius 2 is 2.25 bits per heavy atom. The van der Waals surface area contributed by atoms with Crippen molar-refractivity contribution >= 4 is 5.97 Å². The number of aliphatic hydroxyl groups is 1. The van der Waals surface area contributed by atoms with E-state index in [1.807, 2.05) is 0 Å². The van der Waals surface area contributed by atoms with E-state index in [1.165, 1.54) is 12.1 Å². The summed E-state index contributed by atoms with van der Waals surface area (Å²) in [6.45, 7) is 1.80. The van der Waals surface area contributed by atoms with Gasteiger partial charge in [-0.05, 0) is 12.1 Å². The molecular formula is C11H13FO4. The zero-order valence-electron chi connectivity index (χ0n) is 8.81. The third-order valence-corrected chi connectivity index (χ3v) is 2.02. The summed E-state index contributed by atoms with van der Waals surface area (Å²) in [5.74, 6) is -2.36. The van der Waals surface area contributed by atoms with Gasteiger partial charge in [0.25, 0.3) is 0 Å². The van der Waals surface area contributed by atoms with Gasteiger partial charge in [0.1, 0.15) is 17.1 Å². The average molecular weight is 228 g/mol. The number of hydrogen-bond acceptors (Lipinski definition) is 3. The van der Waals surface area contributed by atoms with Crippen LogP contribution in [0, 0.1) is 11.7 Å². The molecule has 0 aliphatic heterocycles. The van der Waals surface area contributed by atoms with E-state index in [4.69, 9.17) is 14.9 Å². The zero-order valence-corrected chi connectivity index (χ0v) is 8.81. The van der Waals surface area contributed by atoms with Crippen LogP contribution in [0.2, 0.25) is 0 Å². The van der Waals surface area contributed by atoms with Gasteiger partial charge in [-0.25, -0.2) is 9.18 Å². The van der Waals surface area contributed by atoms with Crippen molar-refractivity contribution in [2.24, 2.45) is 5.92 Å². The Kier molecular flexibility index (Phi) is 4.25. The number of carboxylic acids is 1. The molecule has 0 saturated carbocycles. The molecule has 0 spiro atoms. The highest BCUT2D eigenvalue weighted by molar-refractivity contribution is 5.91. The number of rotatable bonds is 5. The third kappa shape index (κ3) is 2.93.